The van der Waals surface area contributed by atoms with Crippen LogP contribution in [-0.2, 0) is 0 Å². The summed E-state index contributed by atoms with van der Waals surface area (Å²) >= 11 is 5.85. The monoisotopic (exact) mass is 495 g/mol. The van der Waals surface area contributed by atoms with Gasteiger partial charge in [0.2, 0.25) is 5.75 Å². The van der Waals surface area contributed by atoms with Gasteiger partial charge >= 0.3 is 5.69 Å². The molecule has 1 aromatic heterocycles. The number of aryl methyl sites for hydroxylation is 1. The van der Waals surface area contributed by atoms with Gasteiger partial charge in [0.25, 0.3) is 5.91 Å². The van der Waals surface area contributed by atoms with Crippen LogP contribution in [0.4, 0.5) is 11.5 Å². The number of hydrogen-bond acceptors (Lipinski definition) is 7. The van der Waals surface area contributed by atoms with Gasteiger partial charge in [-0.15, -0.1) is 0 Å². The molecule has 10 heteroatoms. The van der Waals surface area contributed by atoms with Gasteiger partial charge in [0.15, 0.2) is 0 Å². The van der Waals surface area contributed by atoms with Gasteiger partial charge in [-0.2, -0.15) is 0 Å². The first kappa shape index (κ1) is 24.4. The summed E-state index contributed by atoms with van der Waals surface area (Å²) in [5.74, 6) is 2.35. The fourth-order valence-corrected chi connectivity index (χ4v) is 3.99. The fraction of sp³-hybridized carbons (Fsp3) is 0.320. The molecular weight excluding hydrogens is 470 g/mol. The van der Waals surface area contributed by atoms with E-state index >= 15 is 0 Å². The minimum Gasteiger partial charge on any atom is -0.450 e. The van der Waals surface area contributed by atoms with E-state index in [0.29, 0.717) is 37.5 Å². The van der Waals surface area contributed by atoms with Gasteiger partial charge < -0.3 is 14.5 Å². The van der Waals surface area contributed by atoms with Crippen LogP contribution in [0.25, 0.3) is 0 Å². The Morgan fingerprint density at radius 1 is 1.06 bits per heavy atom. The average Bonchev–Trinajstić information content (AvgIpc) is 2.84. The second-order valence-electron chi connectivity index (χ2n) is 8.66. The van der Waals surface area contributed by atoms with Crippen molar-refractivity contribution in [2.45, 2.75) is 26.7 Å². The Bertz CT molecular complexity index is 1240. The van der Waals surface area contributed by atoms with E-state index in [4.69, 9.17) is 21.3 Å². The van der Waals surface area contributed by atoms with E-state index in [0.717, 1.165) is 17.3 Å². The van der Waals surface area contributed by atoms with Gasteiger partial charge in [0.05, 0.1) is 4.92 Å². The maximum atomic E-state index is 13.0. The van der Waals surface area contributed by atoms with Crippen LogP contribution in [0.1, 0.15) is 41.6 Å². The van der Waals surface area contributed by atoms with Crippen molar-refractivity contribution in [2.75, 3.05) is 31.1 Å². The number of carbonyl (C=O) groups is 1. The molecule has 4 rings (SSSR count). The summed E-state index contributed by atoms with van der Waals surface area (Å²) in [6.07, 6.45) is 0. The van der Waals surface area contributed by atoms with Crippen molar-refractivity contribution < 1.29 is 14.5 Å². The van der Waals surface area contributed by atoms with Crippen LogP contribution in [0, 0.1) is 17.0 Å². The summed E-state index contributed by atoms with van der Waals surface area (Å²) in [5, 5.41) is 11.5. The molecule has 0 radical (unpaired) electrons. The van der Waals surface area contributed by atoms with Gasteiger partial charge in [0.1, 0.15) is 17.4 Å². The van der Waals surface area contributed by atoms with Crippen LogP contribution in [0.5, 0.6) is 11.5 Å². The number of nitro benzene ring substituents is 1. The Labute approximate surface area is 208 Å². The van der Waals surface area contributed by atoms with Gasteiger partial charge in [-0.3, -0.25) is 14.9 Å². The van der Waals surface area contributed by atoms with E-state index in [1.807, 2.05) is 17.9 Å². The average molecular weight is 496 g/mol. The first-order chi connectivity index (χ1) is 16.7. The summed E-state index contributed by atoms with van der Waals surface area (Å²) < 4.78 is 5.66. The molecule has 0 bridgehead atoms. The smallest absolute Gasteiger partial charge is 0.313 e. The molecule has 35 heavy (non-hydrogen) atoms. The van der Waals surface area contributed by atoms with Crippen LogP contribution in [0.2, 0.25) is 5.02 Å². The number of piperazine rings is 1. The minimum absolute atomic E-state index is 0.0737. The van der Waals surface area contributed by atoms with E-state index in [2.05, 4.69) is 23.7 Å². The first-order valence-corrected chi connectivity index (χ1v) is 11.7. The molecular formula is C25H26ClN5O4. The number of anilines is 1. The lowest BCUT2D eigenvalue weighted by atomic mass is 10.1. The number of aromatic nitrogens is 2. The van der Waals surface area contributed by atoms with Crippen molar-refractivity contribution >= 4 is 29.0 Å². The molecule has 1 aliphatic heterocycles. The van der Waals surface area contributed by atoms with E-state index in [1.165, 1.54) is 18.2 Å². The molecule has 1 fully saturated rings. The summed E-state index contributed by atoms with van der Waals surface area (Å²) in [6, 6.07) is 12.8. The van der Waals surface area contributed by atoms with E-state index in [-0.39, 0.29) is 28.3 Å². The second-order valence-corrected chi connectivity index (χ2v) is 9.09. The van der Waals surface area contributed by atoms with Crippen molar-refractivity contribution in [3.05, 3.63) is 80.7 Å². The molecule has 0 unspecified atom stereocenters. The number of hydrogen-bond donors (Lipinski definition) is 0. The Hall–Kier alpha value is -3.72. The number of nitrogens with zero attached hydrogens (tertiary/aromatic N) is 5. The zero-order valence-electron chi connectivity index (χ0n) is 19.8. The van der Waals surface area contributed by atoms with Crippen molar-refractivity contribution in [1.29, 1.82) is 0 Å². The maximum absolute atomic E-state index is 13.0. The van der Waals surface area contributed by atoms with Crippen molar-refractivity contribution in [1.82, 2.24) is 14.9 Å². The first-order valence-electron chi connectivity index (χ1n) is 11.3. The van der Waals surface area contributed by atoms with E-state index in [9.17, 15) is 14.9 Å². The summed E-state index contributed by atoms with van der Waals surface area (Å²) in [6.45, 7) is 8.63. The lowest BCUT2D eigenvalue weighted by molar-refractivity contribution is -0.385. The third-order valence-corrected chi connectivity index (χ3v) is 5.95. The number of carbonyl (C=O) groups excluding carboxylic acids is 1. The Morgan fingerprint density at radius 3 is 2.37 bits per heavy atom. The molecule has 0 saturated carbocycles. The molecule has 0 spiro atoms. The molecule has 182 valence electrons. The number of halogens is 1. The highest BCUT2D eigenvalue weighted by atomic mass is 35.5. The van der Waals surface area contributed by atoms with Gasteiger partial charge in [-0.05, 0) is 43.3 Å². The predicted molar refractivity (Wildman–Crippen MR) is 134 cm³/mol. The molecule has 0 aliphatic carbocycles. The van der Waals surface area contributed by atoms with E-state index < -0.39 is 4.92 Å². The highest BCUT2D eigenvalue weighted by Gasteiger charge is 2.24. The van der Waals surface area contributed by atoms with Crippen LogP contribution in [0.3, 0.4) is 0 Å². The Balaban J connectivity index is 1.39. The fourth-order valence-electron chi connectivity index (χ4n) is 3.83. The summed E-state index contributed by atoms with van der Waals surface area (Å²) in [4.78, 5) is 36.9. The maximum Gasteiger partial charge on any atom is 0.313 e. The summed E-state index contributed by atoms with van der Waals surface area (Å²) in [7, 11) is 0. The predicted octanol–water partition coefficient (Wildman–Crippen LogP) is 5.22. The Kier molecular flexibility index (Phi) is 7.16. The minimum atomic E-state index is -0.550. The summed E-state index contributed by atoms with van der Waals surface area (Å²) in [5.41, 5.74) is 1.23. The van der Waals surface area contributed by atoms with Gasteiger partial charge in [-0.1, -0.05) is 25.4 Å². The quantitative estimate of drug-likeness (QED) is 0.341. The molecule has 3 aromatic rings. The number of nitro groups is 1. The topological polar surface area (TPSA) is 102 Å². The lowest BCUT2D eigenvalue weighted by Crippen LogP contribution is -2.49. The van der Waals surface area contributed by atoms with Crippen LogP contribution >= 0.6 is 11.6 Å². The second kappa shape index (κ2) is 10.3. The zero-order chi connectivity index (χ0) is 25.1. The highest BCUT2D eigenvalue weighted by molar-refractivity contribution is 6.30. The largest absolute Gasteiger partial charge is 0.450 e. The third-order valence-electron chi connectivity index (χ3n) is 5.71. The number of benzene rings is 2. The molecule has 2 heterocycles. The molecule has 1 saturated heterocycles. The standard InChI is InChI=1S/C25H26ClN5O4/c1-16(2)24-27-17(3)14-23(28-24)29-10-12-30(13-11-29)25(32)18-4-7-20(8-5-18)35-22-9-6-19(26)15-21(22)31(33)34/h4-9,14-16H,10-13H2,1-3H3. The molecule has 0 N–H and O–H groups in total. The van der Waals surface area contributed by atoms with E-state index in [1.54, 1.807) is 24.3 Å². The number of amides is 1. The zero-order valence-corrected chi connectivity index (χ0v) is 20.5. The molecule has 1 aliphatic rings. The van der Waals surface area contributed by atoms with Crippen LogP contribution < -0.4 is 9.64 Å². The van der Waals surface area contributed by atoms with Gasteiger partial charge in [-0.25, -0.2) is 9.97 Å². The van der Waals surface area contributed by atoms with Gasteiger partial charge in [0, 0.05) is 60.5 Å². The number of rotatable bonds is 6. The van der Waals surface area contributed by atoms with Crippen molar-refractivity contribution in [3.63, 3.8) is 0 Å². The molecule has 2 aromatic carbocycles. The molecule has 9 nitrogen and oxygen atoms in total. The van der Waals surface area contributed by atoms with Crippen molar-refractivity contribution in [2.24, 2.45) is 0 Å². The third kappa shape index (κ3) is 5.68. The van der Waals surface area contributed by atoms with Crippen LogP contribution in [0.15, 0.2) is 48.5 Å². The van der Waals surface area contributed by atoms with Crippen molar-refractivity contribution in [3.8, 4) is 11.5 Å². The number of ether oxygens (including phenoxy) is 1. The lowest BCUT2D eigenvalue weighted by Gasteiger charge is -2.35. The van der Waals surface area contributed by atoms with Crippen LogP contribution in [-0.4, -0.2) is 51.9 Å². The highest BCUT2D eigenvalue weighted by Crippen LogP contribution is 2.33. The SMILES string of the molecule is Cc1cc(N2CCN(C(=O)c3ccc(Oc4ccc(Cl)cc4[N+](=O)[O-])cc3)CC2)nc(C(C)C)n1. The normalized spacial score (nSPS) is 13.7. The molecule has 0 atom stereocenters. The molecule has 1 amide bonds. The Morgan fingerprint density at radius 2 is 1.74 bits per heavy atom.